The quantitative estimate of drug-likeness (QED) is 0.738. The van der Waals surface area contributed by atoms with E-state index in [1.54, 1.807) is 0 Å². The van der Waals surface area contributed by atoms with Gasteiger partial charge in [-0.2, -0.15) is 12.6 Å². The standard InChI is InChI=1S/C13H19BrOS/c1-2-5-11(10-16)8-15-9-12-6-3-4-7-13(12)14/h3-4,6-7,11,16H,2,5,8-10H2,1H3. The minimum Gasteiger partial charge on any atom is -0.376 e. The van der Waals surface area contributed by atoms with Gasteiger partial charge in [-0.1, -0.05) is 47.5 Å². The number of rotatable bonds is 7. The van der Waals surface area contributed by atoms with Crippen LogP contribution in [0.3, 0.4) is 0 Å². The zero-order valence-electron chi connectivity index (χ0n) is 9.66. The van der Waals surface area contributed by atoms with Crippen molar-refractivity contribution in [1.82, 2.24) is 0 Å². The van der Waals surface area contributed by atoms with Gasteiger partial charge in [0.25, 0.3) is 0 Å². The molecule has 3 heteroatoms. The van der Waals surface area contributed by atoms with E-state index in [1.165, 1.54) is 18.4 Å². The van der Waals surface area contributed by atoms with Gasteiger partial charge in [0.05, 0.1) is 13.2 Å². The monoisotopic (exact) mass is 302 g/mol. The van der Waals surface area contributed by atoms with E-state index in [0.717, 1.165) is 16.8 Å². The van der Waals surface area contributed by atoms with Gasteiger partial charge < -0.3 is 4.74 Å². The van der Waals surface area contributed by atoms with Crippen LogP contribution in [-0.2, 0) is 11.3 Å². The van der Waals surface area contributed by atoms with Crippen molar-refractivity contribution in [2.24, 2.45) is 5.92 Å². The molecule has 0 heterocycles. The fraction of sp³-hybridized carbons (Fsp3) is 0.538. The Morgan fingerprint density at radius 1 is 1.38 bits per heavy atom. The second-order valence-corrected chi connectivity index (χ2v) is 5.16. The average molecular weight is 303 g/mol. The number of hydrogen-bond donors (Lipinski definition) is 1. The van der Waals surface area contributed by atoms with Gasteiger partial charge in [0, 0.05) is 4.47 Å². The first-order chi connectivity index (χ1) is 7.77. The Bertz CT molecular complexity index is 304. The Hall–Kier alpha value is 0.01000. The fourth-order valence-electron chi connectivity index (χ4n) is 1.59. The van der Waals surface area contributed by atoms with Gasteiger partial charge in [-0.25, -0.2) is 0 Å². The van der Waals surface area contributed by atoms with Crippen LogP contribution < -0.4 is 0 Å². The van der Waals surface area contributed by atoms with E-state index >= 15 is 0 Å². The Morgan fingerprint density at radius 2 is 2.12 bits per heavy atom. The zero-order valence-corrected chi connectivity index (χ0v) is 12.1. The Morgan fingerprint density at radius 3 is 2.75 bits per heavy atom. The molecule has 16 heavy (non-hydrogen) atoms. The van der Waals surface area contributed by atoms with Gasteiger partial charge in [-0.3, -0.25) is 0 Å². The molecule has 90 valence electrons. The molecule has 0 radical (unpaired) electrons. The predicted molar refractivity (Wildman–Crippen MR) is 76.0 cm³/mol. The smallest absolute Gasteiger partial charge is 0.0727 e. The molecule has 1 unspecified atom stereocenters. The highest BCUT2D eigenvalue weighted by molar-refractivity contribution is 9.10. The second kappa shape index (κ2) is 8.15. The van der Waals surface area contributed by atoms with Crippen LogP contribution >= 0.6 is 28.6 Å². The third-order valence-corrected chi connectivity index (χ3v) is 3.81. The van der Waals surface area contributed by atoms with Gasteiger partial charge in [-0.05, 0) is 29.7 Å². The lowest BCUT2D eigenvalue weighted by Crippen LogP contribution is -2.11. The lowest BCUT2D eigenvalue weighted by Gasteiger charge is -2.14. The van der Waals surface area contributed by atoms with Crippen LogP contribution in [0.25, 0.3) is 0 Å². The van der Waals surface area contributed by atoms with Gasteiger partial charge in [0.1, 0.15) is 0 Å². The molecule has 0 fully saturated rings. The fourth-order valence-corrected chi connectivity index (χ4v) is 2.27. The van der Waals surface area contributed by atoms with E-state index < -0.39 is 0 Å². The SMILES string of the molecule is CCCC(CS)COCc1ccccc1Br. The Labute approximate surface area is 112 Å². The molecule has 1 rings (SSSR count). The van der Waals surface area contributed by atoms with E-state index in [9.17, 15) is 0 Å². The maximum absolute atomic E-state index is 5.73. The van der Waals surface area contributed by atoms with E-state index in [1.807, 2.05) is 18.2 Å². The van der Waals surface area contributed by atoms with Crippen molar-refractivity contribution in [3.63, 3.8) is 0 Å². The summed E-state index contributed by atoms with van der Waals surface area (Å²) in [6, 6.07) is 8.17. The molecule has 0 bridgehead atoms. The number of benzene rings is 1. The van der Waals surface area contributed by atoms with Gasteiger partial charge in [0.15, 0.2) is 0 Å². The molecule has 1 aromatic rings. The molecule has 0 saturated heterocycles. The zero-order chi connectivity index (χ0) is 11.8. The van der Waals surface area contributed by atoms with Crippen LogP contribution in [0, 0.1) is 5.92 Å². The lowest BCUT2D eigenvalue weighted by molar-refractivity contribution is 0.0904. The van der Waals surface area contributed by atoms with E-state index in [0.29, 0.717) is 12.5 Å². The topological polar surface area (TPSA) is 9.23 Å². The maximum atomic E-state index is 5.73. The third kappa shape index (κ3) is 4.89. The van der Waals surface area contributed by atoms with Crippen molar-refractivity contribution < 1.29 is 4.74 Å². The summed E-state index contributed by atoms with van der Waals surface area (Å²) in [5.74, 6) is 1.49. The van der Waals surface area contributed by atoms with Gasteiger partial charge in [0.2, 0.25) is 0 Å². The summed E-state index contributed by atoms with van der Waals surface area (Å²) < 4.78 is 6.85. The maximum Gasteiger partial charge on any atom is 0.0727 e. The van der Waals surface area contributed by atoms with Crippen LogP contribution in [0.15, 0.2) is 28.7 Å². The molecular weight excluding hydrogens is 284 g/mol. The Balaban J connectivity index is 2.32. The molecular formula is C13H19BrOS. The molecule has 1 nitrogen and oxygen atoms in total. The molecule has 0 aliphatic heterocycles. The molecule has 0 aliphatic rings. The number of halogens is 1. The molecule has 1 aromatic carbocycles. The number of ether oxygens (including phenoxy) is 1. The minimum absolute atomic E-state index is 0.579. The van der Waals surface area contributed by atoms with Gasteiger partial charge >= 0.3 is 0 Å². The molecule has 0 N–H and O–H groups in total. The van der Waals surface area contributed by atoms with Crippen LogP contribution in [-0.4, -0.2) is 12.4 Å². The normalized spacial score (nSPS) is 12.7. The van der Waals surface area contributed by atoms with Crippen molar-refractivity contribution in [1.29, 1.82) is 0 Å². The summed E-state index contributed by atoms with van der Waals surface area (Å²) in [6.07, 6.45) is 2.39. The summed E-state index contributed by atoms with van der Waals surface area (Å²) in [6.45, 7) is 3.68. The predicted octanol–water partition coefficient (Wildman–Crippen LogP) is 4.31. The van der Waals surface area contributed by atoms with Crippen molar-refractivity contribution in [3.05, 3.63) is 34.3 Å². The third-order valence-electron chi connectivity index (χ3n) is 2.52. The molecule has 0 aromatic heterocycles. The largest absolute Gasteiger partial charge is 0.376 e. The van der Waals surface area contributed by atoms with Crippen LogP contribution in [0.5, 0.6) is 0 Å². The summed E-state index contributed by atoms with van der Waals surface area (Å²) in [4.78, 5) is 0. The van der Waals surface area contributed by atoms with Crippen molar-refractivity contribution in [2.45, 2.75) is 26.4 Å². The van der Waals surface area contributed by atoms with Crippen LogP contribution in [0.1, 0.15) is 25.3 Å². The van der Waals surface area contributed by atoms with Gasteiger partial charge in [-0.15, -0.1) is 0 Å². The first kappa shape index (κ1) is 14.1. The number of hydrogen-bond acceptors (Lipinski definition) is 2. The minimum atomic E-state index is 0.579. The van der Waals surface area contributed by atoms with E-state index in [4.69, 9.17) is 4.74 Å². The first-order valence-corrected chi connectivity index (χ1v) is 7.12. The van der Waals surface area contributed by atoms with E-state index in [-0.39, 0.29) is 0 Å². The van der Waals surface area contributed by atoms with Crippen LogP contribution in [0.2, 0.25) is 0 Å². The second-order valence-electron chi connectivity index (χ2n) is 3.94. The van der Waals surface area contributed by atoms with Crippen molar-refractivity contribution in [2.75, 3.05) is 12.4 Å². The molecule has 0 aliphatic carbocycles. The summed E-state index contributed by atoms with van der Waals surface area (Å²) in [5.41, 5.74) is 1.21. The molecule has 0 amide bonds. The summed E-state index contributed by atoms with van der Waals surface area (Å²) >= 11 is 7.86. The van der Waals surface area contributed by atoms with Crippen molar-refractivity contribution >= 4 is 28.6 Å². The van der Waals surface area contributed by atoms with Crippen LogP contribution in [0.4, 0.5) is 0 Å². The lowest BCUT2D eigenvalue weighted by atomic mass is 10.1. The highest BCUT2D eigenvalue weighted by Crippen LogP contribution is 2.17. The summed E-state index contributed by atoms with van der Waals surface area (Å²) in [5, 5.41) is 0. The number of thiol groups is 1. The first-order valence-electron chi connectivity index (χ1n) is 5.70. The molecule has 0 spiro atoms. The van der Waals surface area contributed by atoms with Crippen molar-refractivity contribution in [3.8, 4) is 0 Å². The Kier molecular flexibility index (Phi) is 7.17. The highest BCUT2D eigenvalue weighted by Gasteiger charge is 2.06. The molecule has 1 atom stereocenters. The average Bonchev–Trinajstić information content (AvgIpc) is 2.30. The highest BCUT2D eigenvalue weighted by atomic mass is 79.9. The molecule has 0 saturated carbocycles. The van der Waals surface area contributed by atoms with E-state index in [2.05, 4.69) is 41.5 Å². The summed E-state index contributed by atoms with van der Waals surface area (Å²) in [7, 11) is 0.